The Kier molecular flexibility index (Phi) is 4.35. The fourth-order valence-electron chi connectivity index (χ4n) is 2.87. The maximum atomic E-state index is 12.5. The third kappa shape index (κ3) is 3.59. The van der Waals surface area contributed by atoms with E-state index in [9.17, 15) is 13.2 Å². The topological polar surface area (TPSA) is 41.1 Å². The monoisotopic (exact) mass is 313 g/mol. The van der Waals surface area contributed by atoms with Gasteiger partial charge in [-0.15, -0.1) is 0 Å². The number of pyridine rings is 1. The normalized spacial score (nSPS) is 20.6. The van der Waals surface area contributed by atoms with Gasteiger partial charge in [0.2, 0.25) is 0 Å². The summed E-state index contributed by atoms with van der Waals surface area (Å²) in [6.07, 6.45) is -1.27. The van der Waals surface area contributed by atoms with Crippen molar-refractivity contribution in [1.29, 1.82) is 0 Å². The van der Waals surface area contributed by atoms with Crippen LogP contribution in [-0.4, -0.2) is 46.8 Å². The van der Waals surface area contributed by atoms with Gasteiger partial charge in [-0.25, -0.2) is 4.98 Å². The Balaban J connectivity index is 1.72. The molecule has 1 aliphatic rings. The van der Waals surface area contributed by atoms with E-state index in [4.69, 9.17) is 4.74 Å². The Labute approximate surface area is 126 Å². The Morgan fingerprint density at radius 3 is 3.05 bits per heavy atom. The van der Waals surface area contributed by atoms with E-state index in [-0.39, 0.29) is 12.5 Å². The molecule has 1 N–H and O–H groups in total. The molecule has 2 aromatic rings. The van der Waals surface area contributed by atoms with Gasteiger partial charge in [0.1, 0.15) is 5.65 Å². The highest BCUT2D eigenvalue weighted by Crippen LogP contribution is 2.26. The molecule has 1 unspecified atom stereocenters. The summed E-state index contributed by atoms with van der Waals surface area (Å²) in [5, 5.41) is 1.02. The maximum Gasteiger partial charge on any atom is 0.389 e. The summed E-state index contributed by atoms with van der Waals surface area (Å²) in [7, 11) is 0. The summed E-state index contributed by atoms with van der Waals surface area (Å²) in [6.45, 7) is 2.18. The molecule has 1 atom stereocenters. The molecule has 0 saturated carbocycles. The molecule has 3 heterocycles. The van der Waals surface area contributed by atoms with Crippen molar-refractivity contribution in [2.75, 3.05) is 19.8 Å². The lowest BCUT2D eigenvalue weighted by Gasteiger charge is -2.36. The second-order valence-electron chi connectivity index (χ2n) is 5.56. The molecule has 0 amide bonds. The van der Waals surface area contributed by atoms with E-state index in [1.807, 2.05) is 18.3 Å². The van der Waals surface area contributed by atoms with E-state index in [1.54, 1.807) is 6.20 Å². The molecule has 7 heteroatoms. The number of alkyl halides is 3. The number of hydrogen-bond donors (Lipinski definition) is 1. The molecule has 0 spiro atoms. The first-order valence-corrected chi connectivity index (χ1v) is 7.32. The summed E-state index contributed by atoms with van der Waals surface area (Å²) in [5.41, 5.74) is 1.88. The Morgan fingerprint density at radius 1 is 1.36 bits per heavy atom. The van der Waals surface area contributed by atoms with Crippen LogP contribution in [-0.2, 0) is 11.3 Å². The van der Waals surface area contributed by atoms with Crippen LogP contribution in [0.3, 0.4) is 0 Å². The van der Waals surface area contributed by atoms with Gasteiger partial charge in [0.05, 0.1) is 13.2 Å². The van der Waals surface area contributed by atoms with Crippen molar-refractivity contribution in [2.24, 2.45) is 0 Å². The summed E-state index contributed by atoms with van der Waals surface area (Å²) in [6, 6.07) is 3.67. The van der Waals surface area contributed by atoms with Crippen molar-refractivity contribution in [1.82, 2.24) is 14.9 Å². The quantitative estimate of drug-likeness (QED) is 0.943. The van der Waals surface area contributed by atoms with Gasteiger partial charge in [-0.2, -0.15) is 13.2 Å². The van der Waals surface area contributed by atoms with E-state index in [0.717, 1.165) is 16.6 Å². The van der Waals surface area contributed by atoms with E-state index >= 15 is 0 Å². The molecule has 2 aromatic heterocycles. The lowest BCUT2D eigenvalue weighted by atomic mass is 10.1. The Hall–Kier alpha value is -1.60. The number of rotatable bonds is 4. The summed E-state index contributed by atoms with van der Waals surface area (Å²) >= 11 is 0. The van der Waals surface area contributed by atoms with Crippen LogP contribution in [0.2, 0.25) is 0 Å². The molecule has 1 saturated heterocycles. The molecule has 22 heavy (non-hydrogen) atoms. The first-order chi connectivity index (χ1) is 10.5. The van der Waals surface area contributed by atoms with E-state index < -0.39 is 12.6 Å². The molecule has 0 aliphatic carbocycles. The standard InChI is InChI=1S/C15H18F3N3O/c16-15(17,18)4-1-12-10-22-8-7-21(12)9-11-2-5-19-14-13(11)3-6-20-14/h2-3,5-6,12H,1,4,7-10H2,(H,19,20). The second kappa shape index (κ2) is 6.26. The number of ether oxygens (including phenoxy) is 1. The van der Waals surface area contributed by atoms with E-state index in [2.05, 4.69) is 14.9 Å². The molecule has 1 fully saturated rings. The van der Waals surface area contributed by atoms with Crippen molar-refractivity contribution in [3.05, 3.63) is 30.1 Å². The lowest BCUT2D eigenvalue weighted by Crippen LogP contribution is -2.45. The molecule has 4 nitrogen and oxygen atoms in total. The van der Waals surface area contributed by atoms with Crippen LogP contribution in [0.25, 0.3) is 11.0 Å². The van der Waals surface area contributed by atoms with Crippen LogP contribution in [0.4, 0.5) is 13.2 Å². The molecule has 120 valence electrons. The third-order valence-corrected chi connectivity index (χ3v) is 4.03. The van der Waals surface area contributed by atoms with Crippen LogP contribution >= 0.6 is 0 Å². The van der Waals surface area contributed by atoms with Crippen molar-refractivity contribution in [3.8, 4) is 0 Å². The van der Waals surface area contributed by atoms with Gasteiger partial charge in [0.25, 0.3) is 0 Å². The van der Waals surface area contributed by atoms with Crippen LogP contribution in [0, 0.1) is 0 Å². The van der Waals surface area contributed by atoms with E-state index in [1.165, 1.54) is 0 Å². The maximum absolute atomic E-state index is 12.5. The minimum absolute atomic E-state index is 0.0743. The molecular formula is C15H18F3N3O. The van der Waals surface area contributed by atoms with Crippen molar-refractivity contribution >= 4 is 11.0 Å². The predicted molar refractivity (Wildman–Crippen MR) is 76.4 cm³/mol. The first-order valence-electron chi connectivity index (χ1n) is 7.32. The van der Waals surface area contributed by atoms with Gasteiger partial charge in [-0.1, -0.05) is 0 Å². The van der Waals surface area contributed by atoms with Crippen molar-refractivity contribution < 1.29 is 17.9 Å². The molecule has 1 aliphatic heterocycles. The predicted octanol–water partition coefficient (Wildman–Crippen LogP) is 3.11. The smallest absolute Gasteiger partial charge is 0.378 e. The number of aromatic nitrogens is 2. The highest BCUT2D eigenvalue weighted by molar-refractivity contribution is 5.79. The summed E-state index contributed by atoms with van der Waals surface area (Å²) in [5.74, 6) is 0. The second-order valence-corrected chi connectivity index (χ2v) is 5.56. The molecule has 0 radical (unpaired) electrons. The highest BCUT2D eigenvalue weighted by atomic mass is 19.4. The molecule has 0 bridgehead atoms. The number of H-pyrrole nitrogens is 1. The fraction of sp³-hybridized carbons (Fsp3) is 0.533. The van der Waals surface area contributed by atoms with Crippen LogP contribution in [0.1, 0.15) is 18.4 Å². The summed E-state index contributed by atoms with van der Waals surface area (Å²) in [4.78, 5) is 9.37. The third-order valence-electron chi connectivity index (χ3n) is 4.03. The van der Waals surface area contributed by atoms with E-state index in [0.29, 0.717) is 26.3 Å². The van der Waals surface area contributed by atoms with Crippen LogP contribution in [0.15, 0.2) is 24.5 Å². The minimum atomic E-state index is -4.12. The average Bonchev–Trinajstić information content (AvgIpc) is 2.95. The van der Waals surface area contributed by atoms with Gasteiger partial charge >= 0.3 is 6.18 Å². The molecular weight excluding hydrogens is 295 g/mol. The molecule has 0 aromatic carbocycles. The highest BCUT2D eigenvalue weighted by Gasteiger charge is 2.31. The van der Waals surface area contributed by atoms with Gasteiger partial charge in [0, 0.05) is 43.3 Å². The van der Waals surface area contributed by atoms with Gasteiger partial charge in [-0.05, 0) is 24.1 Å². The number of halogens is 3. The average molecular weight is 313 g/mol. The Morgan fingerprint density at radius 2 is 2.23 bits per heavy atom. The minimum Gasteiger partial charge on any atom is -0.378 e. The SMILES string of the molecule is FC(F)(F)CCC1COCCN1Cc1ccnc2[nH]ccc12. The van der Waals surface area contributed by atoms with Crippen molar-refractivity contribution in [2.45, 2.75) is 31.6 Å². The number of fused-ring (bicyclic) bond motifs is 1. The number of nitrogens with one attached hydrogen (secondary N) is 1. The fourth-order valence-corrected chi connectivity index (χ4v) is 2.87. The van der Waals surface area contributed by atoms with Crippen LogP contribution in [0.5, 0.6) is 0 Å². The number of morpholine rings is 1. The van der Waals surface area contributed by atoms with Crippen molar-refractivity contribution in [3.63, 3.8) is 0 Å². The number of aromatic amines is 1. The largest absolute Gasteiger partial charge is 0.389 e. The summed E-state index contributed by atoms with van der Waals surface area (Å²) < 4.78 is 42.7. The van der Waals surface area contributed by atoms with Gasteiger partial charge in [-0.3, -0.25) is 4.90 Å². The van der Waals surface area contributed by atoms with Crippen LogP contribution < -0.4 is 0 Å². The number of nitrogens with zero attached hydrogens (tertiary/aromatic N) is 2. The zero-order valence-electron chi connectivity index (χ0n) is 12.1. The Bertz CT molecular complexity index is 626. The lowest BCUT2D eigenvalue weighted by molar-refractivity contribution is -0.141. The van der Waals surface area contributed by atoms with Gasteiger partial charge in [0.15, 0.2) is 0 Å². The van der Waals surface area contributed by atoms with Gasteiger partial charge < -0.3 is 9.72 Å². The first kappa shape index (κ1) is 15.3. The zero-order chi connectivity index (χ0) is 15.6. The number of hydrogen-bond acceptors (Lipinski definition) is 3. The zero-order valence-corrected chi connectivity index (χ0v) is 12.1. The molecule has 3 rings (SSSR count).